The Kier molecular flexibility index (Phi) is 7.61. The Morgan fingerprint density at radius 2 is 1.67 bits per heavy atom. The lowest BCUT2D eigenvalue weighted by Gasteiger charge is -2.20. The van der Waals surface area contributed by atoms with Crippen molar-refractivity contribution < 1.29 is 13.2 Å². The van der Waals surface area contributed by atoms with E-state index >= 15 is 0 Å². The van der Waals surface area contributed by atoms with Crippen LogP contribution in [0.2, 0.25) is 0 Å². The predicted octanol–water partition coefficient (Wildman–Crippen LogP) is 4.44. The molecule has 0 N–H and O–H groups in total. The largest absolute Gasteiger partial charge is 0.317 e. The van der Waals surface area contributed by atoms with Crippen LogP contribution >= 0.6 is 11.3 Å². The number of hydrogen-bond acceptors (Lipinski definition) is 6. The normalized spacial score (nSPS) is 12.2. The molecule has 0 spiro atoms. The molecule has 10 heteroatoms. The minimum atomic E-state index is -3.91. The van der Waals surface area contributed by atoms with Crippen molar-refractivity contribution in [2.45, 2.75) is 31.2 Å². The van der Waals surface area contributed by atoms with Crippen LogP contribution in [0.1, 0.15) is 30.1 Å². The number of nitrogens with zero attached hydrogens (tertiary/aromatic N) is 5. The van der Waals surface area contributed by atoms with E-state index in [1.807, 2.05) is 47.9 Å². The predicted molar refractivity (Wildman–Crippen MR) is 139 cm³/mol. The molecule has 4 rings (SSSR count). The molecule has 0 saturated carbocycles. The fourth-order valence-corrected chi connectivity index (χ4v) is 6.63. The molecule has 3 aromatic carbocycles. The van der Waals surface area contributed by atoms with Gasteiger partial charge in [0.2, 0.25) is 10.0 Å². The standard InChI is InChI=1S/C26H23N5O3S2/c1-2-31-23-14-11-19-7-3-4-8-22(19)24(23)35-26(31)29-25(32)20-9-12-21(13-10-20)36(33,34)30(17-5-15-27)18-6-16-28/h3-4,7-14H,2,5-6,17-18H2,1H3. The van der Waals surface area contributed by atoms with Gasteiger partial charge in [0.05, 0.1) is 27.3 Å². The summed E-state index contributed by atoms with van der Waals surface area (Å²) < 4.78 is 30.2. The molecule has 0 aliphatic heterocycles. The van der Waals surface area contributed by atoms with Gasteiger partial charge < -0.3 is 4.57 Å². The van der Waals surface area contributed by atoms with Crippen molar-refractivity contribution in [1.82, 2.24) is 8.87 Å². The molecule has 0 saturated heterocycles. The average molecular weight is 518 g/mol. The zero-order chi connectivity index (χ0) is 25.7. The SMILES string of the molecule is CCn1c(=NC(=O)c2ccc(S(=O)(=O)N(CCC#N)CCC#N)cc2)sc2c3ccccc3ccc21. The number of amides is 1. The van der Waals surface area contributed by atoms with Gasteiger partial charge in [-0.1, -0.05) is 41.7 Å². The third-order valence-corrected chi connectivity index (χ3v) is 8.81. The van der Waals surface area contributed by atoms with Crippen molar-refractivity contribution in [3.63, 3.8) is 0 Å². The molecule has 0 bridgehead atoms. The molecular weight excluding hydrogens is 494 g/mol. The molecule has 0 radical (unpaired) electrons. The Hall–Kier alpha value is -3.83. The monoisotopic (exact) mass is 517 g/mol. The van der Waals surface area contributed by atoms with E-state index in [2.05, 4.69) is 17.1 Å². The highest BCUT2D eigenvalue weighted by atomic mass is 32.2. The highest BCUT2D eigenvalue weighted by Crippen LogP contribution is 2.27. The van der Waals surface area contributed by atoms with E-state index in [4.69, 9.17) is 10.5 Å². The van der Waals surface area contributed by atoms with Crippen molar-refractivity contribution in [3.05, 3.63) is 71.0 Å². The summed E-state index contributed by atoms with van der Waals surface area (Å²) in [6.07, 6.45) is 0.0317. The number of thiazole rings is 1. The Bertz CT molecular complexity index is 1670. The Labute approximate surface area is 213 Å². The average Bonchev–Trinajstić information content (AvgIpc) is 3.26. The summed E-state index contributed by atoms with van der Waals surface area (Å²) in [6.45, 7) is 2.63. The van der Waals surface area contributed by atoms with Crippen molar-refractivity contribution in [3.8, 4) is 12.1 Å². The number of nitriles is 2. The van der Waals surface area contributed by atoms with Crippen molar-refractivity contribution in [2.24, 2.45) is 4.99 Å². The second kappa shape index (κ2) is 10.8. The second-order valence-electron chi connectivity index (χ2n) is 7.93. The van der Waals surface area contributed by atoms with Gasteiger partial charge in [-0.25, -0.2) is 8.42 Å². The maximum Gasteiger partial charge on any atom is 0.279 e. The number of aryl methyl sites for hydroxylation is 1. The van der Waals surface area contributed by atoms with Crippen molar-refractivity contribution >= 4 is 48.3 Å². The number of carbonyl (C=O) groups excluding carboxylic acids is 1. The van der Waals surface area contributed by atoms with Crippen LogP contribution in [0.4, 0.5) is 0 Å². The fourth-order valence-electron chi connectivity index (χ4n) is 3.96. The molecule has 1 heterocycles. The van der Waals surface area contributed by atoms with Gasteiger partial charge in [0.15, 0.2) is 4.80 Å². The number of carbonyl (C=O) groups is 1. The van der Waals surface area contributed by atoms with E-state index in [0.29, 0.717) is 11.3 Å². The van der Waals surface area contributed by atoms with E-state index in [1.54, 1.807) is 0 Å². The maximum absolute atomic E-state index is 13.0. The molecule has 0 aliphatic rings. The van der Waals surface area contributed by atoms with Crippen molar-refractivity contribution in [1.29, 1.82) is 10.5 Å². The summed E-state index contributed by atoms with van der Waals surface area (Å²) in [5.74, 6) is -0.470. The van der Waals surface area contributed by atoms with Gasteiger partial charge in [0, 0.05) is 43.4 Å². The number of benzene rings is 3. The molecule has 0 atom stereocenters. The van der Waals surface area contributed by atoms with E-state index in [0.717, 1.165) is 25.3 Å². The van der Waals surface area contributed by atoms with E-state index < -0.39 is 15.9 Å². The number of fused-ring (bicyclic) bond motifs is 3. The summed E-state index contributed by atoms with van der Waals surface area (Å²) in [7, 11) is -3.91. The van der Waals surface area contributed by atoms with Crippen LogP contribution in [0.3, 0.4) is 0 Å². The zero-order valence-electron chi connectivity index (χ0n) is 19.6. The molecular formula is C26H23N5O3S2. The lowest BCUT2D eigenvalue weighted by molar-refractivity contribution is 0.0997. The van der Waals surface area contributed by atoms with Gasteiger partial charge in [-0.05, 0) is 42.6 Å². The number of aromatic nitrogens is 1. The molecule has 1 amide bonds. The summed E-state index contributed by atoms with van der Waals surface area (Å²) >= 11 is 1.45. The van der Waals surface area contributed by atoms with E-state index in [1.165, 1.54) is 35.6 Å². The van der Waals surface area contributed by atoms with Crippen LogP contribution in [0, 0.1) is 22.7 Å². The summed E-state index contributed by atoms with van der Waals surface area (Å²) in [5.41, 5.74) is 1.27. The summed E-state index contributed by atoms with van der Waals surface area (Å²) in [5, 5.41) is 19.9. The first kappa shape index (κ1) is 25.3. The van der Waals surface area contributed by atoms with Crippen LogP contribution in [-0.4, -0.2) is 36.3 Å². The van der Waals surface area contributed by atoms with Crippen molar-refractivity contribution in [2.75, 3.05) is 13.1 Å². The van der Waals surface area contributed by atoms with Crippen LogP contribution < -0.4 is 4.80 Å². The van der Waals surface area contributed by atoms with Gasteiger partial charge in [-0.2, -0.15) is 19.8 Å². The first-order valence-corrected chi connectivity index (χ1v) is 13.6. The summed E-state index contributed by atoms with van der Waals surface area (Å²) in [6, 6.07) is 21.6. The minimum absolute atomic E-state index is 0.00579. The second-order valence-corrected chi connectivity index (χ2v) is 10.8. The van der Waals surface area contributed by atoms with E-state index in [-0.39, 0.29) is 36.4 Å². The van der Waals surface area contributed by atoms with Crippen LogP contribution in [0.15, 0.2) is 70.6 Å². The molecule has 0 fully saturated rings. The highest BCUT2D eigenvalue weighted by molar-refractivity contribution is 7.89. The molecule has 1 aromatic heterocycles. The Balaban J connectivity index is 1.67. The quantitative estimate of drug-likeness (QED) is 0.342. The van der Waals surface area contributed by atoms with Gasteiger partial charge in [-0.15, -0.1) is 0 Å². The molecule has 0 unspecified atom stereocenters. The molecule has 0 aliphatic carbocycles. The highest BCUT2D eigenvalue weighted by Gasteiger charge is 2.24. The Morgan fingerprint density at radius 1 is 1.00 bits per heavy atom. The van der Waals surface area contributed by atoms with Gasteiger partial charge in [0.1, 0.15) is 0 Å². The lowest BCUT2D eigenvalue weighted by Crippen LogP contribution is -2.32. The van der Waals surface area contributed by atoms with Gasteiger partial charge in [0.25, 0.3) is 5.91 Å². The van der Waals surface area contributed by atoms with Gasteiger partial charge in [-0.3, -0.25) is 4.79 Å². The zero-order valence-corrected chi connectivity index (χ0v) is 21.2. The maximum atomic E-state index is 13.0. The third kappa shape index (κ3) is 4.93. The third-order valence-electron chi connectivity index (χ3n) is 5.77. The van der Waals surface area contributed by atoms with E-state index in [9.17, 15) is 13.2 Å². The number of rotatable bonds is 8. The number of sulfonamides is 1. The Morgan fingerprint density at radius 3 is 2.31 bits per heavy atom. The smallest absolute Gasteiger partial charge is 0.279 e. The summed E-state index contributed by atoms with van der Waals surface area (Å²) in [4.78, 5) is 17.9. The van der Waals surface area contributed by atoms with Crippen LogP contribution in [-0.2, 0) is 16.6 Å². The van der Waals surface area contributed by atoms with Crippen LogP contribution in [0.5, 0.6) is 0 Å². The number of hydrogen-bond donors (Lipinski definition) is 0. The first-order valence-electron chi connectivity index (χ1n) is 11.3. The van der Waals surface area contributed by atoms with Gasteiger partial charge >= 0.3 is 0 Å². The van der Waals surface area contributed by atoms with Crippen LogP contribution in [0.25, 0.3) is 21.0 Å². The fraction of sp³-hybridized carbons (Fsp3) is 0.231. The molecule has 4 aromatic rings. The lowest BCUT2D eigenvalue weighted by atomic mass is 10.1. The minimum Gasteiger partial charge on any atom is -0.317 e. The molecule has 36 heavy (non-hydrogen) atoms. The molecule has 8 nitrogen and oxygen atoms in total. The first-order chi connectivity index (χ1) is 17.4. The molecule has 182 valence electrons. The topological polar surface area (TPSA) is 119 Å².